The zero-order valence-electron chi connectivity index (χ0n) is 10.6. The number of alkyl halides is 2. The first-order chi connectivity index (χ1) is 8.17. The van der Waals surface area contributed by atoms with Crippen molar-refractivity contribution >= 4 is 0 Å². The summed E-state index contributed by atoms with van der Waals surface area (Å²) in [7, 11) is 0. The number of hydrogen-bond acceptors (Lipinski definition) is 2. The molecular formula is C13H23F2NO. The highest BCUT2D eigenvalue weighted by molar-refractivity contribution is 4.97. The molecule has 2 fully saturated rings. The molecule has 2 atom stereocenters. The molecule has 100 valence electrons. The van der Waals surface area contributed by atoms with Crippen molar-refractivity contribution in [1.29, 1.82) is 0 Å². The lowest BCUT2D eigenvalue weighted by atomic mass is 9.70. The SMILES string of the molecule is CCCNC(C(F)F)C1CCOC2(CCC2)C1. The Balaban J connectivity index is 1.92. The lowest BCUT2D eigenvalue weighted by Gasteiger charge is -2.48. The normalized spacial score (nSPS) is 29.3. The van der Waals surface area contributed by atoms with Crippen molar-refractivity contribution in [2.75, 3.05) is 13.2 Å². The van der Waals surface area contributed by atoms with Gasteiger partial charge in [-0.1, -0.05) is 6.92 Å². The average Bonchev–Trinajstić information content (AvgIpc) is 2.27. The van der Waals surface area contributed by atoms with E-state index in [1.165, 1.54) is 6.42 Å². The molecule has 17 heavy (non-hydrogen) atoms. The van der Waals surface area contributed by atoms with E-state index in [4.69, 9.17) is 4.74 Å². The van der Waals surface area contributed by atoms with Gasteiger partial charge in [-0.3, -0.25) is 0 Å². The van der Waals surface area contributed by atoms with Crippen LogP contribution in [0.4, 0.5) is 8.78 Å². The molecule has 0 radical (unpaired) electrons. The van der Waals surface area contributed by atoms with Crippen molar-refractivity contribution in [2.45, 2.75) is 63.5 Å². The van der Waals surface area contributed by atoms with Gasteiger partial charge in [0.2, 0.25) is 0 Å². The molecule has 1 N–H and O–H groups in total. The van der Waals surface area contributed by atoms with Gasteiger partial charge in [-0.25, -0.2) is 8.78 Å². The van der Waals surface area contributed by atoms with Gasteiger partial charge in [-0.05, 0) is 51.0 Å². The van der Waals surface area contributed by atoms with E-state index in [9.17, 15) is 8.78 Å². The first kappa shape index (κ1) is 13.2. The standard InChI is InChI=1S/C13H23F2NO/c1-2-7-16-11(12(14)15)10-4-8-17-13(9-10)5-3-6-13/h10-12,16H,2-9H2,1H3. The Bertz CT molecular complexity index is 244. The maximum Gasteiger partial charge on any atom is 0.253 e. The van der Waals surface area contributed by atoms with Gasteiger partial charge in [0.1, 0.15) is 0 Å². The molecule has 1 heterocycles. The van der Waals surface area contributed by atoms with Gasteiger partial charge < -0.3 is 10.1 Å². The van der Waals surface area contributed by atoms with Gasteiger partial charge in [-0.15, -0.1) is 0 Å². The average molecular weight is 247 g/mol. The van der Waals surface area contributed by atoms with Gasteiger partial charge in [0.25, 0.3) is 6.43 Å². The van der Waals surface area contributed by atoms with Crippen molar-refractivity contribution in [3.05, 3.63) is 0 Å². The highest BCUT2D eigenvalue weighted by atomic mass is 19.3. The third-order valence-electron chi connectivity index (χ3n) is 4.21. The molecule has 0 amide bonds. The lowest BCUT2D eigenvalue weighted by molar-refractivity contribution is -0.152. The quantitative estimate of drug-likeness (QED) is 0.806. The summed E-state index contributed by atoms with van der Waals surface area (Å²) in [5.41, 5.74) is -0.0377. The van der Waals surface area contributed by atoms with Crippen molar-refractivity contribution < 1.29 is 13.5 Å². The second kappa shape index (κ2) is 5.61. The summed E-state index contributed by atoms with van der Waals surface area (Å²) < 4.78 is 31.9. The summed E-state index contributed by atoms with van der Waals surface area (Å²) in [5, 5.41) is 3.02. The Hall–Kier alpha value is -0.220. The number of ether oxygens (including phenoxy) is 1. The fraction of sp³-hybridized carbons (Fsp3) is 1.00. The molecule has 0 aromatic rings. The Morgan fingerprint density at radius 2 is 2.18 bits per heavy atom. The fourth-order valence-electron chi connectivity index (χ4n) is 3.06. The lowest BCUT2D eigenvalue weighted by Crippen LogP contribution is -2.52. The van der Waals surface area contributed by atoms with Gasteiger partial charge >= 0.3 is 0 Å². The highest BCUT2D eigenvalue weighted by Crippen LogP contribution is 2.45. The zero-order chi connectivity index (χ0) is 12.3. The van der Waals surface area contributed by atoms with Gasteiger partial charge in [0.15, 0.2) is 0 Å². The van der Waals surface area contributed by atoms with Crippen LogP contribution in [0, 0.1) is 5.92 Å². The molecule has 2 nitrogen and oxygen atoms in total. The zero-order valence-corrected chi connectivity index (χ0v) is 10.6. The largest absolute Gasteiger partial charge is 0.375 e. The van der Waals surface area contributed by atoms with E-state index in [0.29, 0.717) is 13.2 Å². The number of hydrogen-bond donors (Lipinski definition) is 1. The molecular weight excluding hydrogens is 224 g/mol. The molecule has 0 bridgehead atoms. The van der Waals surface area contributed by atoms with Gasteiger partial charge in [-0.2, -0.15) is 0 Å². The number of nitrogens with one attached hydrogen (secondary N) is 1. The van der Waals surface area contributed by atoms with E-state index in [1.807, 2.05) is 6.92 Å². The van der Waals surface area contributed by atoms with Crippen LogP contribution in [0.2, 0.25) is 0 Å². The van der Waals surface area contributed by atoms with E-state index in [-0.39, 0.29) is 11.5 Å². The van der Waals surface area contributed by atoms with Crippen LogP contribution < -0.4 is 5.32 Å². The minimum Gasteiger partial charge on any atom is -0.375 e. The van der Waals surface area contributed by atoms with Crippen LogP contribution in [0.15, 0.2) is 0 Å². The van der Waals surface area contributed by atoms with Crippen LogP contribution in [0.3, 0.4) is 0 Å². The van der Waals surface area contributed by atoms with Crippen molar-refractivity contribution in [3.63, 3.8) is 0 Å². The summed E-state index contributed by atoms with van der Waals surface area (Å²) >= 11 is 0. The molecule has 2 rings (SSSR count). The molecule has 1 spiro atoms. The Morgan fingerprint density at radius 1 is 1.41 bits per heavy atom. The van der Waals surface area contributed by atoms with E-state index in [0.717, 1.165) is 32.1 Å². The molecule has 1 aliphatic heterocycles. The summed E-state index contributed by atoms with van der Waals surface area (Å²) in [4.78, 5) is 0. The molecule has 4 heteroatoms. The monoisotopic (exact) mass is 247 g/mol. The van der Waals surface area contributed by atoms with Crippen LogP contribution >= 0.6 is 0 Å². The van der Waals surface area contributed by atoms with Crippen LogP contribution in [0.1, 0.15) is 45.4 Å². The number of halogens is 2. The van der Waals surface area contributed by atoms with E-state index in [2.05, 4.69) is 5.32 Å². The minimum absolute atomic E-state index is 0.0377. The molecule has 1 saturated heterocycles. The topological polar surface area (TPSA) is 21.3 Å². The van der Waals surface area contributed by atoms with Crippen LogP contribution in [-0.2, 0) is 4.74 Å². The van der Waals surface area contributed by atoms with Crippen LogP contribution in [0.25, 0.3) is 0 Å². The molecule has 0 aromatic carbocycles. The summed E-state index contributed by atoms with van der Waals surface area (Å²) in [6, 6.07) is -0.642. The van der Waals surface area contributed by atoms with E-state index < -0.39 is 12.5 Å². The Labute approximate surface area is 102 Å². The van der Waals surface area contributed by atoms with Crippen molar-refractivity contribution in [3.8, 4) is 0 Å². The molecule has 1 aliphatic carbocycles. The van der Waals surface area contributed by atoms with Gasteiger partial charge in [0.05, 0.1) is 11.6 Å². The molecule has 1 saturated carbocycles. The minimum atomic E-state index is -2.26. The van der Waals surface area contributed by atoms with E-state index >= 15 is 0 Å². The van der Waals surface area contributed by atoms with Crippen LogP contribution in [0.5, 0.6) is 0 Å². The number of rotatable bonds is 5. The summed E-state index contributed by atoms with van der Waals surface area (Å²) in [6.45, 7) is 3.34. The third kappa shape index (κ3) is 2.97. The third-order valence-corrected chi connectivity index (χ3v) is 4.21. The first-order valence-electron chi connectivity index (χ1n) is 6.82. The predicted octanol–water partition coefficient (Wildman–Crippen LogP) is 2.97. The molecule has 2 unspecified atom stereocenters. The highest BCUT2D eigenvalue weighted by Gasteiger charge is 2.45. The van der Waals surface area contributed by atoms with Gasteiger partial charge in [0, 0.05) is 6.61 Å². The van der Waals surface area contributed by atoms with E-state index in [1.54, 1.807) is 0 Å². The first-order valence-corrected chi connectivity index (χ1v) is 6.82. The predicted molar refractivity (Wildman–Crippen MR) is 63.3 cm³/mol. The molecule has 2 aliphatic rings. The maximum atomic E-state index is 13.1. The fourth-order valence-corrected chi connectivity index (χ4v) is 3.06. The maximum absolute atomic E-state index is 13.1. The second-order valence-electron chi connectivity index (χ2n) is 5.45. The molecule has 0 aromatic heterocycles. The van der Waals surface area contributed by atoms with Crippen LogP contribution in [-0.4, -0.2) is 31.2 Å². The Morgan fingerprint density at radius 3 is 2.71 bits per heavy atom. The van der Waals surface area contributed by atoms with Crippen molar-refractivity contribution in [1.82, 2.24) is 5.32 Å². The smallest absolute Gasteiger partial charge is 0.253 e. The Kier molecular flexibility index (Phi) is 4.36. The summed E-state index contributed by atoms with van der Waals surface area (Å²) in [5.74, 6) is 0.0793. The summed E-state index contributed by atoms with van der Waals surface area (Å²) in [6.07, 6.45) is 3.54. The van der Waals surface area contributed by atoms with Crippen molar-refractivity contribution in [2.24, 2.45) is 5.92 Å². The second-order valence-corrected chi connectivity index (χ2v) is 5.45.